The highest BCUT2D eigenvalue weighted by molar-refractivity contribution is 7.16. The minimum atomic E-state index is -0.199. The van der Waals surface area contributed by atoms with Crippen molar-refractivity contribution in [1.82, 2.24) is 9.97 Å². The Labute approximate surface area is 164 Å². The Hall–Kier alpha value is -2.13. The lowest BCUT2D eigenvalue weighted by Crippen LogP contribution is -2.50. The highest BCUT2D eigenvalue weighted by Gasteiger charge is 2.32. The molecule has 3 heterocycles. The fourth-order valence-corrected chi connectivity index (χ4v) is 4.86. The number of carbonyl (C=O) groups is 1. The van der Waals surface area contributed by atoms with Crippen LogP contribution in [-0.2, 0) is 24.4 Å². The zero-order chi connectivity index (χ0) is 18.8. The molecule has 1 fully saturated rings. The van der Waals surface area contributed by atoms with E-state index in [1.165, 1.54) is 22.7 Å². The zero-order valence-electron chi connectivity index (χ0n) is 14.5. The number of anilines is 1. The number of ketones is 1. The summed E-state index contributed by atoms with van der Waals surface area (Å²) in [5.74, 6) is 0.265. The largest absolute Gasteiger partial charge is 0.390 e. The summed E-state index contributed by atoms with van der Waals surface area (Å²) in [6, 6.07) is 10.1. The maximum absolute atomic E-state index is 12.5. The Bertz CT molecular complexity index is 933. The predicted molar refractivity (Wildman–Crippen MR) is 106 cm³/mol. The molecule has 6 nitrogen and oxygen atoms in total. The van der Waals surface area contributed by atoms with Crippen LogP contribution < -0.4 is 4.90 Å². The van der Waals surface area contributed by atoms with Crippen molar-refractivity contribution in [3.63, 3.8) is 0 Å². The highest BCUT2D eigenvalue weighted by atomic mass is 32.1. The van der Waals surface area contributed by atoms with E-state index in [0.717, 1.165) is 28.7 Å². The molecule has 0 spiro atoms. The molecule has 1 aliphatic rings. The Balaban J connectivity index is 1.39. The van der Waals surface area contributed by atoms with Crippen molar-refractivity contribution >= 4 is 34.1 Å². The van der Waals surface area contributed by atoms with Crippen LogP contribution in [-0.4, -0.2) is 39.1 Å². The van der Waals surface area contributed by atoms with Crippen molar-refractivity contribution in [2.75, 3.05) is 18.0 Å². The van der Waals surface area contributed by atoms with Gasteiger partial charge in [-0.25, -0.2) is 9.97 Å². The van der Waals surface area contributed by atoms with Crippen LogP contribution in [0.2, 0.25) is 0 Å². The molecule has 0 bridgehead atoms. The van der Waals surface area contributed by atoms with Crippen LogP contribution >= 0.6 is 22.7 Å². The molecule has 140 valence electrons. The monoisotopic (exact) mass is 401 g/mol. The molecule has 0 radical (unpaired) electrons. The number of para-hydroxylation sites is 1. The lowest BCUT2D eigenvalue weighted by molar-refractivity contribution is -0.122. The second-order valence-corrected chi connectivity index (χ2v) is 8.43. The maximum atomic E-state index is 12.5. The third-order valence-corrected chi connectivity index (χ3v) is 6.55. The molecule has 4 rings (SSSR count). The number of Topliss-reactive ketones (excluding diaryl/α,β-unsaturated/α-hetero) is 1. The lowest BCUT2D eigenvalue weighted by atomic mass is 9.93. The average Bonchev–Trinajstić information content (AvgIpc) is 3.27. The van der Waals surface area contributed by atoms with Gasteiger partial charge in [-0.3, -0.25) is 4.79 Å². The van der Waals surface area contributed by atoms with Crippen molar-refractivity contribution in [1.29, 1.82) is 0 Å². The maximum Gasteiger partial charge on any atom is 0.146 e. The molecule has 1 aromatic carbocycles. The quantitative estimate of drug-likeness (QED) is 0.633. The van der Waals surface area contributed by atoms with E-state index in [1.54, 1.807) is 0 Å². The predicted octanol–water partition coefficient (Wildman–Crippen LogP) is 2.50. The van der Waals surface area contributed by atoms with E-state index in [-0.39, 0.29) is 24.9 Å². The van der Waals surface area contributed by atoms with Crippen LogP contribution in [0.1, 0.15) is 15.7 Å². The molecular weight excluding hydrogens is 382 g/mol. The topological polar surface area (TPSA) is 86.5 Å². The van der Waals surface area contributed by atoms with E-state index >= 15 is 0 Å². The molecule has 0 atom stereocenters. The van der Waals surface area contributed by atoms with Gasteiger partial charge in [-0.15, -0.1) is 22.7 Å². The van der Waals surface area contributed by atoms with Gasteiger partial charge in [-0.1, -0.05) is 18.2 Å². The molecule has 0 unspecified atom stereocenters. The minimum Gasteiger partial charge on any atom is -0.390 e. The number of rotatable bonds is 7. The summed E-state index contributed by atoms with van der Waals surface area (Å²) in [7, 11) is 0. The van der Waals surface area contributed by atoms with Gasteiger partial charge in [0, 0.05) is 24.2 Å². The van der Waals surface area contributed by atoms with Crippen molar-refractivity contribution in [2.45, 2.75) is 19.6 Å². The summed E-state index contributed by atoms with van der Waals surface area (Å²) in [6.45, 7) is 1.15. The first kappa shape index (κ1) is 18.2. The first-order chi connectivity index (χ1) is 13.2. The summed E-state index contributed by atoms with van der Waals surface area (Å²) in [6.07, 6.45) is 0.331. The molecule has 3 aromatic rings. The van der Waals surface area contributed by atoms with Crippen molar-refractivity contribution in [3.8, 4) is 10.6 Å². The second kappa shape index (κ2) is 7.85. The Morgan fingerprint density at radius 3 is 2.59 bits per heavy atom. The van der Waals surface area contributed by atoms with E-state index in [2.05, 4.69) is 27.0 Å². The van der Waals surface area contributed by atoms with E-state index < -0.39 is 0 Å². The molecule has 2 aromatic heterocycles. The van der Waals surface area contributed by atoms with Crippen LogP contribution in [0.3, 0.4) is 0 Å². The number of hydrogen-bond acceptors (Lipinski definition) is 8. The molecule has 0 saturated carbocycles. The molecule has 1 aliphatic heterocycles. The van der Waals surface area contributed by atoms with Crippen molar-refractivity contribution in [2.24, 2.45) is 5.92 Å². The van der Waals surface area contributed by atoms with Crippen LogP contribution in [0, 0.1) is 5.92 Å². The van der Waals surface area contributed by atoms with Crippen molar-refractivity contribution < 1.29 is 15.0 Å². The lowest BCUT2D eigenvalue weighted by Gasteiger charge is -2.40. The fourth-order valence-electron chi connectivity index (χ4n) is 3.10. The first-order valence-electron chi connectivity index (χ1n) is 8.65. The number of aliphatic hydroxyl groups is 2. The number of benzene rings is 1. The molecule has 8 heteroatoms. The third-order valence-electron chi connectivity index (χ3n) is 4.59. The van der Waals surface area contributed by atoms with Crippen LogP contribution in [0.4, 0.5) is 5.69 Å². The Kier molecular flexibility index (Phi) is 5.31. The molecule has 2 N–H and O–H groups in total. The van der Waals surface area contributed by atoms with Crippen LogP contribution in [0.15, 0.2) is 35.7 Å². The van der Waals surface area contributed by atoms with E-state index in [4.69, 9.17) is 0 Å². The molecule has 0 amide bonds. The second-order valence-electron chi connectivity index (χ2n) is 6.41. The smallest absolute Gasteiger partial charge is 0.146 e. The van der Waals surface area contributed by atoms with Gasteiger partial charge in [0.2, 0.25) is 0 Å². The fraction of sp³-hybridized carbons (Fsp3) is 0.316. The summed E-state index contributed by atoms with van der Waals surface area (Å²) < 4.78 is 0. The highest BCUT2D eigenvalue weighted by Crippen LogP contribution is 2.32. The third kappa shape index (κ3) is 3.79. The Morgan fingerprint density at radius 1 is 1.11 bits per heavy atom. The van der Waals surface area contributed by atoms with E-state index in [1.807, 2.05) is 23.6 Å². The van der Waals surface area contributed by atoms with Gasteiger partial charge in [0.15, 0.2) is 0 Å². The van der Waals surface area contributed by atoms with Gasteiger partial charge in [-0.2, -0.15) is 0 Å². The van der Waals surface area contributed by atoms with Gasteiger partial charge in [0.1, 0.15) is 15.8 Å². The summed E-state index contributed by atoms with van der Waals surface area (Å²) >= 11 is 2.77. The van der Waals surface area contributed by atoms with Gasteiger partial charge in [0.05, 0.1) is 41.8 Å². The minimum absolute atomic E-state index is 0.0509. The number of aromatic nitrogens is 2. The van der Waals surface area contributed by atoms with Gasteiger partial charge >= 0.3 is 0 Å². The number of carbonyl (C=O) groups excluding carboxylic acids is 1. The zero-order valence-corrected chi connectivity index (χ0v) is 16.2. The summed E-state index contributed by atoms with van der Waals surface area (Å²) in [4.78, 5) is 24.3. The normalized spacial score (nSPS) is 14.4. The summed E-state index contributed by atoms with van der Waals surface area (Å²) in [5.41, 5.74) is 2.38. The molecule has 0 aliphatic carbocycles. The molecular formula is C19H19N3O3S2. The average molecular weight is 402 g/mol. The Morgan fingerprint density at radius 2 is 1.89 bits per heavy atom. The van der Waals surface area contributed by atoms with Crippen LogP contribution in [0.25, 0.3) is 10.6 Å². The van der Waals surface area contributed by atoms with E-state index in [9.17, 15) is 15.0 Å². The van der Waals surface area contributed by atoms with Gasteiger partial charge in [0.25, 0.3) is 0 Å². The van der Waals surface area contributed by atoms with Crippen LogP contribution in [0.5, 0.6) is 0 Å². The number of thiazole rings is 2. The standard InChI is InChI=1S/C19H19N3O3S2/c23-9-14-19(27-18(10-24)20-14)15-11-26-17(21-15)6-16(25)12-7-22(8-12)13-4-2-1-3-5-13/h1-5,11-12,23-24H,6-10H2. The van der Waals surface area contributed by atoms with Gasteiger partial charge < -0.3 is 15.1 Å². The first-order valence-corrected chi connectivity index (χ1v) is 10.4. The summed E-state index contributed by atoms with van der Waals surface area (Å²) in [5, 5.41) is 21.9. The number of aliphatic hydroxyl groups excluding tert-OH is 2. The molecule has 27 heavy (non-hydrogen) atoms. The number of hydrogen-bond donors (Lipinski definition) is 2. The van der Waals surface area contributed by atoms with Crippen molar-refractivity contribution in [3.05, 3.63) is 51.4 Å². The van der Waals surface area contributed by atoms with E-state index in [0.29, 0.717) is 22.8 Å². The molecule has 1 saturated heterocycles. The SMILES string of the molecule is O=C(Cc1nc(-c2sc(CO)nc2CO)cs1)C1CN(c2ccccc2)C1. The number of nitrogens with zero attached hydrogens (tertiary/aromatic N) is 3. The van der Waals surface area contributed by atoms with Gasteiger partial charge in [-0.05, 0) is 12.1 Å².